The quantitative estimate of drug-likeness (QED) is 0.668. The minimum Gasteiger partial charge on any atom is -0.461 e. The summed E-state index contributed by atoms with van der Waals surface area (Å²) in [5, 5.41) is 5.06. The number of anilines is 1. The van der Waals surface area contributed by atoms with Gasteiger partial charge in [-0.2, -0.15) is 0 Å². The second kappa shape index (κ2) is 7.72. The lowest BCUT2D eigenvalue weighted by atomic mass is 10.2. The minimum atomic E-state index is -0.506. The van der Waals surface area contributed by atoms with Gasteiger partial charge in [-0.1, -0.05) is 23.7 Å². The van der Waals surface area contributed by atoms with Gasteiger partial charge in [-0.15, -0.1) is 11.3 Å². The van der Waals surface area contributed by atoms with Crippen LogP contribution >= 0.6 is 22.9 Å². The molecule has 22 heavy (non-hydrogen) atoms. The first-order chi connectivity index (χ1) is 10.6. The summed E-state index contributed by atoms with van der Waals surface area (Å²) in [4.78, 5) is 27.3. The maximum atomic E-state index is 11.8. The highest BCUT2D eigenvalue weighted by atomic mass is 35.5. The van der Waals surface area contributed by atoms with E-state index in [9.17, 15) is 9.59 Å². The Morgan fingerprint density at radius 2 is 2.27 bits per heavy atom. The minimum absolute atomic E-state index is 0.181. The summed E-state index contributed by atoms with van der Waals surface area (Å²) in [5.74, 6) is -0.849. The molecule has 0 spiro atoms. The Balaban J connectivity index is 1.96. The Hall–Kier alpha value is -2.18. The topological polar surface area (TPSA) is 68.3 Å². The van der Waals surface area contributed by atoms with Crippen LogP contribution in [0.3, 0.4) is 0 Å². The first kappa shape index (κ1) is 16.2. The molecule has 0 saturated carbocycles. The molecular formula is C15H13ClN2O3S. The number of thiazole rings is 1. The van der Waals surface area contributed by atoms with Crippen LogP contribution in [-0.4, -0.2) is 23.5 Å². The number of rotatable bonds is 5. The number of amides is 1. The van der Waals surface area contributed by atoms with Crippen LogP contribution in [-0.2, 0) is 9.53 Å². The van der Waals surface area contributed by atoms with Crippen molar-refractivity contribution in [3.63, 3.8) is 0 Å². The largest absolute Gasteiger partial charge is 0.461 e. The molecule has 0 saturated heterocycles. The maximum Gasteiger partial charge on any atom is 0.357 e. The van der Waals surface area contributed by atoms with Crippen molar-refractivity contribution < 1.29 is 14.3 Å². The Labute approximate surface area is 136 Å². The molecule has 5 nitrogen and oxygen atoms in total. The van der Waals surface area contributed by atoms with Crippen LogP contribution in [0.2, 0.25) is 5.02 Å². The number of hydrogen-bond donors (Lipinski definition) is 1. The van der Waals surface area contributed by atoms with Gasteiger partial charge in [0.2, 0.25) is 5.91 Å². The number of ether oxygens (including phenoxy) is 1. The number of aromatic nitrogens is 1. The second-order valence-electron chi connectivity index (χ2n) is 4.14. The van der Waals surface area contributed by atoms with Crippen molar-refractivity contribution in [3.05, 3.63) is 52.0 Å². The van der Waals surface area contributed by atoms with Crippen molar-refractivity contribution >= 4 is 46.0 Å². The molecule has 2 rings (SSSR count). The molecule has 0 aliphatic heterocycles. The van der Waals surface area contributed by atoms with Crippen molar-refractivity contribution in [1.29, 1.82) is 0 Å². The molecule has 0 unspecified atom stereocenters. The number of halogens is 1. The summed E-state index contributed by atoms with van der Waals surface area (Å²) in [6.45, 7) is 1.99. The molecule has 2 aromatic rings. The molecular weight excluding hydrogens is 324 g/mol. The highest BCUT2D eigenvalue weighted by Gasteiger charge is 2.12. The van der Waals surface area contributed by atoms with Gasteiger partial charge in [0.05, 0.1) is 6.61 Å². The summed E-state index contributed by atoms with van der Waals surface area (Å²) in [6.07, 6.45) is 3.01. The van der Waals surface area contributed by atoms with Gasteiger partial charge in [0.15, 0.2) is 10.8 Å². The lowest BCUT2D eigenvalue weighted by molar-refractivity contribution is -0.111. The Bertz CT molecular complexity index is 712. The fraction of sp³-hybridized carbons (Fsp3) is 0.133. The van der Waals surface area contributed by atoms with Crippen LogP contribution in [0.1, 0.15) is 23.0 Å². The monoisotopic (exact) mass is 336 g/mol. The third kappa shape index (κ3) is 4.68. The summed E-state index contributed by atoms with van der Waals surface area (Å²) < 4.78 is 4.83. The molecule has 0 radical (unpaired) electrons. The summed E-state index contributed by atoms with van der Waals surface area (Å²) in [5.41, 5.74) is 0.995. The number of hydrogen-bond acceptors (Lipinski definition) is 5. The fourth-order valence-corrected chi connectivity index (χ4v) is 2.44. The molecule has 0 aliphatic carbocycles. The predicted molar refractivity (Wildman–Crippen MR) is 87.2 cm³/mol. The highest BCUT2D eigenvalue weighted by molar-refractivity contribution is 7.14. The van der Waals surface area contributed by atoms with Gasteiger partial charge in [0.1, 0.15) is 0 Å². The molecule has 7 heteroatoms. The van der Waals surface area contributed by atoms with Crippen LogP contribution in [0.4, 0.5) is 5.13 Å². The summed E-state index contributed by atoms with van der Waals surface area (Å²) >= 11 is 7.02. The first-order valence-electron chi connectivity index (χ1n) is 6.45. The molecule has 1 N–H and O–H groups in total. The van der Waals surface area contributed by atoms with E-state index in [0.717, 1.165) is 16.9 Å². The van der Waals surface area contributed by atoms with E-state index in [-0.39, 0.29) is 18.2 Å². The van der Waals surface area contributed by atoms with Crippen molar-refractivity contribution in [2.75, 3.05) is 11.9 Å². The van der Waals surface area contributed by atoms with E-state index in [1.807, 2.05) is 6.07 Å². The maximum absolute atomic E-state index is 11.8. The molecule has 1 aromatic heterocycles. The van der Waals surface area contributed by atoms with Gasteiger partial charge in [0.25, 0.3) is 0 Å². The van der Waals surface area contributed by atoms with Gasteiger partial charge >= 0.3 is 5.97 Å². The molecule has 114 valence electrons. The predicted octanol–water partition coefficient (Wildman–Crippen LogP) is 3.63. The Morgan fingerprint density at radius 3 is 3.00 bits per heavy atom. The fourth-order valence-electron chi connectivity index (χ4n) is 1.56. The molecule has 1 aromatic carbocycles. The van der Waals surface area contributed by atoms with E-state index in [4.69, 9.17) is 16.3 Å². The number of carbonyl (C=O) groups is 2. The van der Waals surface area contributed by atoms with Gasteiger partial charge in [0, 0.05) is 16.5 Å². The lowest BCUT2D eigenvalue weighted by Crippen LogP contribution is -2.09. The smallest absolute Gasteiger partial charge is 0.357 e. The third-order valence-corrected chi connectivity index (χ3v) is 3.49. The van der Waals surface area contributed by atoms with Crippen molar-refractivity contribution in [2.45, 2.75) is 6.92 Å². The average molecular weight is 337 g/mol. The average Bonchev–Trinajstić information content (AvgIpc) is 2.94. The first-order valence-corrected chi connectivity index (χ1v) is 7.71. The van der Waals surface area contributed by atoms with Crippen molar-refractivity contribution in [1.82, 2.24) is 4.98 Å². The molecule has 1 heterocycles. The van der Waals surface area contributed by atoms with Crippen LogP contribution in [0, 0.1) is 0 Å². The zero-order chi connectivity index (χ0) is 15.9. The summed E-state index contributed by atoms with van der Waals surface area (Å²) in [7, 11) is 0. The van der Waals surface area contributed by atoms with Crippen molar-refractivity contribution in [2.24, 2.45) is 0 Å². The van der Waals surface area contributed by atoms with Crippen LogP contribution in [0.5, 0.6) is 0 Å². The molecule has 0 bridgehead atoms. The van der Waals surface area contributed by atoms with E-state index in [1.54, 1.807) is 31.2 Å². The SMILES string of the molecule is CCOC(=O)c1csc(NC(=O)/C=C/c2cccc(Cl)c2)n1. The van der Waals surface area contributed by atoms with E-state index < -0.39 is 5.97 Å². The normalized spacial score (nSPS) is 10.6. The third-order valence-electron chi connectivity index (χ3n) is 2.49. The number of benzene rings is 1. The van der Waals surface area contributed by atoms with Crippen LogP contribution < -0.4 is 5.32 Å². The number of nitrogens with zero attached hydrogens (tertiary/aromatic N) is 1. The Kier molecular flexibility index (Phi) is 5.68. The van der Waals surface area contributed by atoms with E-state index in [2.05, 4.69) is 10.3 Å². The van der Waals surface area contributed by atoms with Crippen LogP contribution in [0.15, 0.2) is 35.7 Å². The standard InChI is InChI=1S/C15H13ClN2O3S/c1-2-21-14(20)12-9-22-15(17-12)18-13(19)7-6-10-4-3-5-11(16)8-10/h3-9H,2H2,1H3,(H,17,18,19)/b7-6+. The van der Waals surface area contributed by atoms with Gasteiger partial charge in [-0.3, -0.25) is 10.1 Å². The van der Waals surface area contributed by atoms with Gasteiger partial charge in [-0.25, -0.2) is 9.78 Å². The molecule has 1 amide bonds. The zero-order valence-corrected chi connectivity index (χ0v) is 13.3. The number of nitrogens with one attached hydrogen (secondary N) is 1. The molecule has 0 atom stereocenters. The van der Waals surface area contributed by atoms with Crippen LogP contribution in [0.25, 0.3) is 6.08 Å². The lowest BCUT2D eigenvalue weighted by Gasteiger charge is -1.98. The highest BCUT2D eigenvalue weighted by Crippen LogP contribution is 2.16. The summed E-state index contributed by atoms with van der Waals surface area (Å²) in [6, 6.07) is 7.13. The van der Waals surface area contributed by atoms with Gasteiger partial charge in [-0.05, 0) is 30.7 Å². The number of carbonyl (C=O) groups excluding carboxylic acids is 2. The van der Waals surface area contributed by atoms with E-state index in [0.29, 0.717) is 10.2 Å². The van der Waals surface area contributed by atoms with Gasteiger partial charge < -0.3 is 4.74 Å². The van der Waals surface area contributed by atoms with E-state index >= 15 is 0 Å². The van der Waals surface area contributed by atoms with E-state index in [1.165, 1.54) is 11.5 Å². The number of esters is 1. The zero-order valence-electron chi connectivity index (χ0n) is 11.7. The van der Waals surface area contributed by atoms with Crippen molar-refractivity contribution in [3.8, 4) is 0 Å². The molecule has 0 fully saturated rings. The second-order valence-corrected chi connectivity index (χ2v) is 5.43. The molecule has 0 aliphatic rings. The Morgan fingerprint density at radius 1 is 1.45 bits per heavy atom.